The number of anilines is 1. The van der Waals surface area contributed by atoms with Crippen LogP contribution in [0.3, 0.4) is 0 Å². The minimum absolute atomic E-state index is 0.0656. The third-order valence-corrected chi connectivity index (χ3v) is 3.71. The summed E-state index contributed by atoms with van der Waals surface area (Å²) >= 11 is 3.24. The highest BCUT2D eigenvalue weighted by Crippen LogP contribution is 2.24. The lowest BCUT2D eigenvalue weighted by Gasteiger charge is -2.22. The highest BCUT2D eigenvalue weighted by molar-refractivity contribution is 9.10. The second-order valence-corrected chi connectivity index (χ2v) is 5.34. The van der Waals surface area contributed by atoms with E-state index in [0.717, 1.165) is 11.3 Å². The van der Waals surface area contributed by atoms with Crippen LogP contribution in [0.4, 0.5) is 10.1 Å². The third-order valence-electron chi connectivity index (χ3n) is 3.05. The third kappa shape index (κ3) is 2.90. The van der Waals surface area contributed by atoms with Gasteiger partial charge in [-0.25, -0.2) is 4.39 Å². The van der Waals surface area contributed by atoms with Crippen LogP contribution in [0, 0.1) is 12.7 Å². The molecule has 2 aromatic carbocycles. The maximum atomic E-state index is 13.9. The van der Waals surface area contributed by atoms with Crippen LogP contribution in [0.5, 0.6) is 0 Å². The molecule has 0 atom stereocenters. The fourth-order valence-electron chi connectivity index (χ4n) is 2.08. The monoisotopic (exact) mass is 335 g/mol. The number of carbonyl (C=O) groups excluding carboxylic acids is 1. The fraction of sp³-hybridized carbons (Fsp3) is 0.188. The Balaban J connectivity index is 2.45. The highest BCUT2D eigenvalue weighted by atomic mass is 79.9. The molecule has 0 aliphatic heterocycles. The SMILES string of the molecule is CCN(C(=O)c1c(F)cccc1Br)c1cccc(C)c1. The summed E-state index contributed by atoms with van der Waals surface area (Å²) in [6.45, 7) is 4.30. The number of amides is 1. The van der Waals surface area contributed by atoms with E-state index in [1.54, 1.807) is 17.0 Å². The first-order valence-electron chi connectivity index (χ1n) is 6.37. The normalized spacial score (nSPS) is 10.4. The molecular formula is C16H15BrFNO. The van der Waals surface area contributed by atoms with Gasteiger partial charge in [-0.2, -0.15) is 0 Å². The number of halogens is 2. The number of benzene rings is 2. The Bertz CT molecular complexity index is 622. The van der Waals surface area contributed by atoms with E-state index >= 15 is 0 Å². The van der Waals surface area contributed by atoms with Gasteiger partial charge in [0.15, 0.2) is 0 Å². The van der Waals surface area contributed by atoms with Crippen LogP contribution in [-0.4, -0.2) is 12.5 Å². The minimum Gasteiger partial charge on any atom is -0.309 e. The van der Waals surface area contributed by atoms with Gasteiger partial charge in [0.25, 0.3) is 5.91 Å². The van der Waals surface area contributed by atoms with E-state index in [-0.39, 0.29) is 11.5 Å². The van der Waals surface area contributed by atoms with Crippen LogP contribution in [0.2, 0.25) is 0 Å². The summed E-state index contributed by atoms with van der Waals surface area (Å²) in [5.74, 6) is -0.862. The minimum atomic E-state index is -0.518. The molecule has 0 aromatic heterocycles. The first kappa shape index (κ1) is 14.7. The highest BCUT2D eigenvalue weighted by Gasteiger charge is 2.22. The van der Waals surface area contributed by atoms with Crippen LogP contribution in [-0.2, 0) is 0 Å². The molecule has 0 radical (unpaired) electrons. The molecule has 0 heterocycles. The molecule has 0 aliphatic rings. The van der Waals surface area contributed by atoms with E-state index in [2.05, 4.69) is 15.9 Å². The summed E-state index contributed by atoms with van der Waals surface area (Å²) in [6, 6.07) is 12.1. The van der Waals surface area contributed by atoms with E-state index in [9.17, 15) is 9.18 Å². The molecule has 0 bridgehead atoms. The summed E-state index contributed by atoms with van der Waals surface area (Å²) < 4.78 is 14.4. The number of rotatable bonds is 3. The van der Waals surface area contributed by atoms with Gasteiger partial charge in [0.2, 0.25) is 0 Å². The van der Waals surface area contributed by atoms with E-state index < -0.39 is 5.82 Å². The zero-order valence-corrected chi connectivity index (χ0v) is 12.9. The van der Waals surface area contributed by atoms with Gasteiger partial charge in [0, 0.05) is 16.7 Å². The molecule has 2 rings (SSSR count). The smallest absolute Gasteiger partial charge is 0.262 e. The summed E-state index contributed by atoms with van der Waals surface area (Å²) in [6.07, 6.45) is 0. The molecule has 2 nitrogen and oxygen atoms in total. The van der Waals surface area contributed by atoms with Gasteiger partial charge in [-0.3, -0.25) is 4.79 Å². The lowest BCUT2D eigenvalue weighted by molar-refractivity contribution is 0.0983. The predicted octanol–water partition coefficient (Wildman–Crippen LogP) is 4.56. The van der Waals surface area contributed by atoms with E-state index in [4.69, 9.17) is 0 Å². The van der Waals surface area contributed by atoms with Crippen molar-refractivity contribution in [2.24, 2.45) is 0 Å². The Hall–Kier alpha value is -1.68. The maximum absolute atomic E-state index is 13.9. The molecule has 1 amide bonds. The fourth-order valence-corrected chi connectivity index (χ4v) is 2.59. The summed E-state index contributed by atoms with van der Waals surface area (Å²) in [5.41, 5.74) is 1.89. The van der Waals surface area contributed by atoms with Gasteiger partial charge in [0.1, 0.15) is 5.82 Å². The van der Waals surface area contributed by atoms with Crippen LogP contribution >= 0.6 is 15.9 Å². The molecule has 0 spiro atoms. The number of hydrogen-bond donors (Lipinski definition) is 0. The van der Waals surface area contributed by atoms with Crippen molar-refractivity contribution < 1.29 is 9.18 Å². The van der Waals surface area contributed by atoms with Crippen molar-refractivity contribution in [2.45, 2.75) is 13.8 Å². The Kier molecular flexibility index (Phi) is 4.55. The summed E-state index contributed by atoms with van der Waals surface area (Å²) in [5, 5.41) is 0. The largest absolute Gasteiger partial charge is 0.309 e. The Morgan fingerprint density at radius 2 is 1.95 bits per heavy atom. The van der Waals surface area contributed by atoms with Crippen molar-refractivity contribution in [2.75, 3.05) is 11.4 Å². The van der Waals surface area contributed by atoms with Crippen molar-refractivity contribution in [3.05, 3.63) is 63.9 Å². The molecule has 2 aromatic rings. The van der Waals surface area contributed by atoms with Crippen molar-refractivity contribution >= 4 is 27.5 Å². The summed E-state index contributed by atoms with van der Waals surface area (Å²) in [7, 11) is 0. The van der Waals surface area contributed by atoms with Gasteiger partial charge in [-0.15, -0.1) is 0 Å². The number of nitrogens with zero attached hydrogens (tertiary/aromatic N) is 1. The van der Waals surface area contributed by atoms with Crippen molar-refractivity contribution in [3.8, 4) is 0 Å². The predicted molar refractivity (Wildman–Crippen MR) is 82.6 cm³/mol. The Labute approximate surface area is 126 Å². The standard InChI is InChI=1S/C16H15BrFNO/c1-3-19(12-7-4-6-11(2)10-12)16(20)15-13(17)8-5-9-14(15)18/h4-10H,3H2,1-2H3. The van der Waals surface area contributed by atoms with Crippen molar-refractivity contribution in [1.82, 2.24) is 0 Å². The summed E-state index contributed by atoms with van der Waals surface area (Å²) in [4.78, 5) is 14.2. The van der Waals surface area contributed by atoms with Gasteiger partial charge >= 0.3 is 0 Å². The second kappa shape index (κ2) is 6.18. The average Bonchev–Trinajstić information content (AvgIpc) is 2.39. The first-order chi connectivity index (χ1) is 9.54. The van der Waals surface area contributed by atoms with E-state index in [1.807, 2.05) is 38.1 Å². The Morgan fingerprint density at radius 3 is 2.55 bits per heavy atom. The van der Waals surface area contributed by atoms with Crippen LogP contribution < -0.4 is 4.90 Å². The first-order valence-corrected chi connectivity index (χ1v) is 7.16. The zero-order valence-electron chi connectivity index (χ0n) is 11.4. The number of aryl methyl sites for hydroxylation is 1. The van der Waals surface area contributed by atoms with Gasteiger partial charge in [-0.1, -0.05) is 18.2 Å². The number of hydrogen-bond acceptors (Lipinski definition) is 1. The van der Waals surface area contributed by atoms with Crippen molar-refractivity contribution in [1.29, 1.82) is 0 Å². The molecule has 0 unspecified atom stereocenters. The average molecular weight is 336 g/mol. The molecule has 0 fully saturated rings. The molecule has 0 saturated heterocycles. The molecular weight excluding hydrogens is 321 g/mol. The van der Waals surface area contributed by atoms with Gasteiger partial charge < -0.3 is 4.90 Å². The second-order valence-electron chi connectivity index (χ2n) is 4.49. The van der Waals surface area contributed by atoms with E-state index in [0.29, 0.717) is 11.0 Å². The molecule has 0 saturated carbocycles. The number of carbonyl (C=O) groups is 1. The maximum Gasteiger partial charge on any atom is 0.262 e. The molecule has 0 N–H and O–H groups in total. The van der Waals surface area contributed by atoms with Crippen molar-refractivity contribution in [3.63, 3.8) is 0 Å². The molecule has 0 aliphatic carbocycles. The van der Waals surface area contributed by atoms with Gasteiger partial charge in [0.05, 0.1) is 5.56 Å². The lowest BCUT2D eigenvalue weighted by Crippen LogP contribution is -2.31. The molecule has 4 heteroatoms. The zero-order chi connectivity index (χ0) is 14.7. The van der Waals surface area contributed by atoms with E-state index in [1.165, 1.54) is 6.07 Å². The van der Waals surface area contributed by atoms with Crippen LogP contribution in [0.15, 0.2) is 46.9 Å². The quantitative estimate of drug-likeness (QED) is 0.804. The molecule has 20 heavy (non-hydrogen) atoms. The Morgan fingerprint density at radius 1 is 1.25 bits per heavy atom. The van der Waals surface area contributed by atoms with Gasteiger partial charge in [-0.05, 0) is 59.6 Å². The lowest BCUT2D eigenvalue weighted by atomic mass is 10.1. The van der Waals surface area contributed by atoms with Crippen LogP contribution in [0.25, 0.3) is 0 Å². The van der Waals surface area contributed by atoms with Crippen LogP contribution in [0.1, 0.15) is 22.8 Å². The molecule has 104 valence electrons. The topological polar surface area (TPSA) is 20.3 Å².